The number of phenolic OH excluding ortho intramolecular Hbond substituents is 2. The summed E-state index contributed by atoms with van der Waals surface area (Å²) in [7, 11) is 1.59. The minimum absolute atomic E-state index is 0.0604. The molecule has 8 nitrogen and oxygen atoms in total. The predicted octanol–water partition coefficient (Wildman–Crippen LogP) is 6.20. The van der Waals surface area contributed by atoms with Crippen LogP contribution < -0.4 is 14.2 Å². The van der Waals surface area contributed by atoms with Gasteiger partial charge in [-0.05, 0) is 73.5 Å². The third-order valence-corrected chi connectivity index (χ3v) is 5.37. The molecule has 3 aromatic carbocycles. The highest BCUT2D eigenvalue weighted by Crippen LogP contribution is 2.35. The Bertz CT molecular complexity index is 1400. The lowest BCUT2D eigenvalue weighted by Gasteiger charge is -2.12. The smallest absolute Gasteiger partial charge is 0.167 e. The van der Waals surface area contributed by atoms with Crippen LogP contribution in [0.5, 0.6) is 28.7 Å². The number of hydrogen-bond donors (Lipinski definition) is 2. The zero-order valence-corrected chi connectivity index (χ0v) is 21.6. The number of hydrogen-bond acceptors (Lipinski definition) is 8. The first kappa shape index (κ1) is 26.2. The Kier molecular flexibility index (Phi) is 7.91. The summed E-state index contributed by atoms with van der Waals surface area (Å²) < 4.78 is 16.5. The molecular formula is C30H29N3O5. The SMILES string of the molecule is C=C(C)COc1ccc(-c2nc(-c3ccc(OC)cc3)nc(-c3ccc(OCC(=C)C)cc3O)n2)c(O)c1. The van der Waals surface area contributed by atoms with Crippen LogP contribution in [0.15, 0.2) is 85.0 Å². The van der Waals surface area contributed by atoms with Gasteiger partial charge in [-0.2, -0.15) is 0 Å². The molecule has 0 amide bonds. The lowest BCUT2D eigenvalue weighted by Crippen LogP contribution is -2.02. The van der Waals surface area contributed by atoms with Crippen molar-refractivity contribution in [3.05, 3.63) is 85.0 Å². The third-order valence-electron chi connectivity index (χ3n) is 5.37. The molecule has 0 fully saturated rings. The van der Waals surface area contributed by atoms with Gasteiger partial charge in [-0.3, -0.25) is 0 Å². The van der Waals surface area contributed by atoms with Gasteiger partial charge >= 0.3 is 0 Å². The monoisotopic (exact) mass is 511 g/mol. The molecule has 0 saturated heterocycles. The van der Waals surface area contributed by atoms with Crippen molar-refractivity contribution >= 4 is 0 Å². The second kappa shape index (κ2) is 11.5. The van der Waals surface area contributed by atoms with Crippen LogP contribution in [0.25, 0.3) is 34.2 Å². The minimum Gasteiger partial charge on any atom is -0.507 e. The summed E-state index contributed by atoms with van der Waals surface area (Å²) in [6.07, 6.45) is 0. The molecule has 0 saturated carbocycles. The van der Waals surface area contributed by atoms with Crippen molar-refractivity contribution in [2.75, 3.05) is 20.3 Å². The van der Waals surface area contributed by atoms with E-state index in [0.29, 0.717) is 53.0 Å². The second-order valence-electron chi connectivity index (χ2n) is 8.88. The van der Waals surface area contributed by atoms with Crippen molar-refractivity contribution in [3.8, 4) is 62.9 Å². The molecule has 8 heteroatoms. The maximum Gasteiger partial charge on any atom is 0.167 e. The van der Waals surface area contributed by atoms with Gasteiger partial charge in [0, 0.05) is 17.7 Å². The van der Waals surface area contributed by atoms with E-state index in [9.17, 15) is 10.2 Å². The maximum atomic E-state index is 10.8. The molecule has 0 radical (unpaired) electrons. The summed E-state index contributed by atoms with van der Waals surface area (Å²) in [6, 6.07) is 17.0. The standard InChI is InChI=1S/C30H29N3O5/c1-18(2)16-37-22-10-12-24(26(34)14-22)29-31-28(20-6-8-21(36-5)9-7-20)32-30(33-29)25-13-11-23(15-27(25)35)38-17-19(3)4/h6-15,34-35H,1,3,16-17H2,2,4-5H3. The van der Waals surface area contributed by atoms with Gasteiger partial charge in [0.05, 0.1) is 18.2 Å². The molecule has 4 aromatic rings. The van der Waals surface area contributed by atoms with E-state index in [4.69, 9.17) is 14.2 Å². The summed E-state index contributed by atoms with van der Waals surface area (Å²) in [6.45, 7) is 12.0. The fourth-order valence-electron chi connectivity index (χ4n) is 3.48. The molecule has 0 bridgehead atoms. The van der Waals surface area contributed by atoms with Crippen molar-refractivity contribution in [2.45, 2.75) is 13.8 Å². The van der Waals surface area contributed by atoms with Crippen LogP contribution >= 0.6 is 0 Å². The largest absolute Gasteiger partial charge is 0.507 e. The number of aromatic nitrogens is 3. The van der Waals surface area contributed by atoms with Crippen LogP contribution in [-0.2, 0) is 0 Å². The third kappa shape index (κ3) is 6.28. The maximum absolute atomic E-state index is 10.8. The van der Waals surface area contributed by atoms with E-state index < -0.39 is 0 Å². The lowest BCUT2D eigenvalue weighted by atomic mass is 10.1. The number of phenols is 2. The Hall–Kier alpha value is -4.85. The highest BCUT2D eigenvalue weighted by atomic mass is 16.5. The Morgan fingerprint density at radius 2 is 1.08 bits per heavy atom. The summed E-state index contributed by atoms with van der Waals surface area (Å²) in [5, 5.41) is 21.6. The summed E-state index contributed by atoms with van der Waals surface area (Å²) in [5.74, 6) is 2.36. The summed E-state index contributed by atoms with van der Waals surface area (Å²) in [5.41, 5.74) is 3.18. The van der Waals surface area contributed by atoms with Crippen LogP contribution in [0.1, 0.15) is 13.8 Å². The van der Waals surface area contributed by atoms with Gasteiger partial charge in [0.2, 0.25) is 0 Å². The lowest BCUT2D eigenvalue weighted by molar-refractivity contribution is 0.349. The van der Waals surface area contributed by atoms with Crippen molar-refractivity contribution in [2.24, 2.45) is 0 Å². The quantitative estimate of drug-likeness (QED) is 0.242. The van der Waals surface area contributed by atoms with Gasteiger partial charge in [-0.25, -0.2) is 15.0 Å². The number of benzene rings is 3. The Morgan fingerprint density at radius 3 is 1.47 bits per heavy atom. The van der Waals surface area contributed by atoms with E-state index in [2.05, 4.69) is 28.1 Å². The van der Waals surface area contributed by atoms with Gasteiger partial charge in [0.15, 0.2) is 17.5 Å². The molecule has 0 spiro atoms. The average molecular weight is 512 g/mol. The van der Waals surface area contributed by atoms with Crippen LogP contribution in [0.2, 0.25) is 0 Å². The van der Waals surface area contributed by atoms with Crippen LogP contribution in [0.3, 0.4) is 0 Å². The first-order valence-corrected chi connectivity index (χ1v) is 11.8. The summed E-state index contributed by atoms with van der Waals surface area (Å²) >= 11 is 0. The van der Waals surface area contributed by atoms with Crippen molar-refractivity contribution in [1.29, 1.82) is 0 Å². The zero-order valence-electron chi connectivity index (χ0n) is 21.6. The average Bonchev–Trinajstić information content (AvgIpc) is 2.90. The molecule has 0 aliphatic carbocycles. The fraction of sp³-hybridized carbons (Fsp3) is 0.167. The van der Waals surface area contributed by atoms with Gasteiger partial charge in [-0.1, -0.05) is 13.2 Å². The topological polar surface area (TPSA) is 107 Å². The first-order chi connectivity index (χ1) is 18.2. The number of nitrogens with zero attached hydrogens (tertiary/aromatic N) is 3. The van der Waals surface area contributed by atoms with E-state index in [1.165, 1.54) is 12.1 Å². The predicted molar refractivity (Wildman–Crippen MR) is 147 cm³/mol. The Balaban J connectivity index is 1.79. The molecule has 38 heavy (non-hydrogen) atoms. The molecule has 1 aromatic heterocycles. The molecule has 1 heterocycles. The number of rotatable bonds is 10. The Morgan fingerprint density at radius 1 is 0.658 bits per heavy atom. The van der Waals surface area contributed by atoms with E-state index in [1.54, 1.807) is 43.5 Å². The number of ether oxygens (including phenoxy) is 3. The molecule has 0 unspecified atom stereocenters. The molecule has 0 aliphatic heterocycles. The molecule has 0 aliphatic rings. The van der Waals surface area contributed by atoms with Crippen molar-refractivity contribution < 1.29 is 24.4 Å². The number of methoxy groups -OCH3 is 1. The minimum atomic E-state index is -0.0604. The van der Waals surface area contributed by atoms with Gasteiger partial charge in [0.1, 0.15) is 42.0 Å². The zero-order chi connectivity index (χ0) is 27.2. The molecular weight excluding hydrogens is 482 g/mol. The molecule has 2 N–H and O–H groups in total. The molecule has 0 atom stereocenters. The Labute approximate surface area is 221 Å². The fourth-order valence-corrected chi connectivity index (χ4v) is 3.48. The van der Waals surface area contributed by atoms with Crippen LogP contribution in [0.4, 0.5) is 0 Å². The van der Waals surface area contributed by atoms with Gasteiger partial charge < -0.3 is 24.4 Å². The van der Waals surface area contributed by atoms with Crippen molar-refractivity contribution in [1.82, 2.24) is 15.0 Å². The van der Waals surface area contributed by atoms with E-state index >= 15 is 0 Å². The van der Waals surface area contributed by atoms with Crippen molar-refractivity contribution in [3.63, 3.8) is 0 Å². The summed E-state index contributed by atoms with van der Waals surface area (Å²) in [4.78, 5) is 13.8. The van der Waals surface area contributed by atoms with Crippen LogP contribution in [0, 0.1) is 0 Å². The van der Waals surface area contributed by atoms with Crippen LogP contribution in [-0.4, -0.2) is 45.5 Å². The highest BCUT2D eigenvalue weighted by molar-refractivity contribution is 5.72. The normalized spacial score (nSPS) is 10.6. The van der Waals surface area contributed by atoms with E-state index in [1.807, 2.05) is 26.0 Å². The first-order valence-electron chi connectivity index (χ1n) is 11.8. The molecule has 4 rings (SSSR count). The van der Waals surface area contributed by atoms with Gasteiger partial charge in [0.25, 0.3) is 0 Å². The van der Waals surface area contributed by atoms with Gasteiger partial charge in [-0.15, -0.1) is 0 Å². The number of aromatic hydroxyl groups is 2. The molecule has 194 valence electrons. The van der Waals surface area contributed by atoms with E-state index in [0.717, 1.165) is 11.1 Å². The second-order valence-corrected chi connectivity index (χ2v) is 8.88. The van der Waals surface area contributed by atoms with E-state index in [-0.39, 0.29) is 23.1 Å². The highest BCUT2D eigenvalue weighted by Gasteiger charge is 2.17.